The van der Waals surface area contributed by atoms with Crippen molar-refractivity contribution in [2.24, 2.45) is 0 Å². The first kappa shape index (κ1) is 27.8. The summed E-state index contributed by atoms with van der Waals surface area (Å²) in [6.07, 6.45) is 2.08. The molecule has 0 saturated heterocycles. The molecule has 0 aliphatic heterocycles. The Morgan fingerprint density at radius 1 is 0.367 bits per heavy atom. The van der Waals surface area contributed by atoms with Crippen molar-refractivity contribution in [2.45, 2.75) is 5.92 Å². The Balaban J connectivity index is 1.17. The van der Waals surface area contributed by atoms with E-state index in [1.807, 2.05) is 0 Å². The SMILES string of the molecule is c1ccc(-c2c3ccccc3c(-c3ccc(-c4cccc5c4C(c4ccccc4)c4ccc6ccccc6c4-5)nc3)c3ccccc23)cc1. The van der Waals surface area contributed by atoms with Crippen molar-refractivity contribution in [2.75, 3.05) is 0 Å². The van der Waals surface area contributed by atoms with Gasteiger partial charge in [-0.05, 0) is 82.9 Å². The van der Waals surface area contributed by atoms with Gasteiger partial charge < -0.3 is 0 Å². The predicted octanol–water partition coefficient (Wildman–Crippen LogP) is 12.7. The maximum absolute atomic E-state index is 5.25. The number of hydrogen-bond donors (Lipinski definition) is 0. The van der Waals surface area contributed by atoms with Crippen LogP contribution in [0.15, 0.2) is 182 Å². The minimum absolute atomic E-state index is 0.131. The minimum atomic E-state index is 0.131. The van der Waals surface area contributed by atoms with Gasteiger partial charge in [0.1, 0.15) is 0 Å². The fourth-order valence-corrected chi connectivity index (χ4v) is 8.35. The van der Waals surface area contributed by atoms with E-state index >= 15 is 0 Å². The van der Waals surface area contributed by atoms with Gasteiger partial charge >= 0.3 is 0 Å². The van der Waals surface area contributed by atoms with Crippen molar-refractivity contribution in [3.8, 4) is 44.6 Å². The summed E-state index contributed by atoms with van der Waals surface area (Å²) in [5, 5.41) is 7.55. The third kappa shape index (κ3) is 4.29. The van der Waals surface area contributed by atoms with Gasteiger partial charge in [0, 0.05) is 23.2 Å². The molecular formula is C48H31N. The second kappa shape index (κ2) is 11.1. The summed E-state index contributed by atoms with van der Waals surface area (Å²) in [4.78, 5) is 5.25. The lowest BCUT2D eigenvalue weighted by molar-refractivity contribution is 1.02. The summed E-state index contributed by atoms with van der Waals surface area (Å²) in [6, 6.07) is 64.0. The van der Waals surface area contributed by atoms with Crippen LogP contribution in [0.1, 0.15) is 22.6 Å². The molecule has 1 aromatic heterocycles. The molecule has 1 atom stereocenters. The number of rotatable bonds is 4. The maximum Gasteiger partial charge on any atom is 0.0705 e. The molecule has 0 N–H and O–H groups in total. The van der Waals surface area contributed by atoms with Gasteiger partial charge in [-0.25, -0.2) is 0 Å². The molecule has 1 unspecified atom stereocenters. The zero-order chi connectivity index (χ0) is 32.3. The molecule has 49 heavy (non-hydrogen) atoms. The van der Waals surface area contributed by atoms with Crippen LogP contribution in [0.5, 0.6) is 0 Å². The van der Waals surface area contributed by atoms with Gasteiger partial charge in [-0.1, -0.05) is 170 Å². The van der Waals surface area contributed by atoms with Gasteiger partial charge in [0.05, 0.1) is 5.69 Å². The van der Waals surface area contributed by atoms with Crippen LogP contribution >= 0.6 is 0 Å². The van der Waals surface area contributed by atoms with E-state index in [1.54, 1.807) is 0 Å². The average Bonchev–Trinajstić information content (AvgIpc) is 3.53. The van der Waals surface area contributed by atoms with E-state index < -0.39 is 0 Å². The first-order chi connectivity index (χ1) is 24.3. The zero-order valence-corrected chi connectivity index (χ0v) is 26.8. The number of pyridine rings is 1. The van der Waals surface area contributed by atoms with Crippen LogP contribution < -0.4 is 0 Å². The van der Waals surface area contributed by atoms with Crippen LogP contribution in [0.3, 0.4) is 0 Å². The largest absolute Gasteiger partial charge is 0.256 e. The lowest BCUT2D eigenvalue weighted by Crippen LogP contribution is -2.01. The number of aromatic nitrogens is 1. The number of hydrogen-bond acceptors (Lipinski definition) is 1. The van der Waals surface area contributed by atoms with Crippen molar-refractivity contribution < 1.29 is 0 Å². The molecule has 0 spiro atoms. The van der Waals surface area contributed by atoms with Crippen molar-refractivity contribution in [1.29, 1.82) is 0 Å². The van der Waals surface area contributed by atoms with Gasteiger partial charge in [-0.15, -0.1) is 0 Å². The van der Waals surface area contributed by atoms with Crippen LogP contribution in [0.2, 0.25) is 0 Å². The average molecular weight is 622 g/mol. The molecule has 0 bridgehead atoms. The molecule has 0 fully saturated rings. The molecule has 1 heterocycles. The summed E-state index contributed by atoms with van der Waals surface area (Å²) in [5.41, 5.74) is 13.7. The highest BCUT2D eigenvalue weighted by Crippen LogP contribution is 2.53. The van der Waals surface area contributed by atoms with Crippen molar-refractivity contribution >= 4 is 32.3 Å². The van der Waals surface area contributed by atoms with Crippen molar-refractivity contribution in [3.63, 3.8) is 0 Å². The molecule has 8 aromatic carbocycles. The lowest BCUT2D eigenvalue weighted by Gasteiger charge is -2.19. The zero-order valence-electron chi connectivity index (χ0n) is 26.8. The highest BCUT2D eigenvalue weighted by Gasteiger charge is 2.33. The van der Waals surface area contributed by atoms with Gasteiger partial charge in [0.25, 0.3) is 0 Å². The molecule has 1 heteroatoms. The Morgan fingerprint density at radius 3 is 1.59 bits per heavy atom. The van der Waals surface area contributed by atoms with Gasteiger partial charge in [-0.3, -0.25) is 4.98 Å². The summed E-state index contributed by atoms with van der Waals surface area (Å²) in [7, 11) is 0. The molecule has 0 amide bonds. The van der Waals surface area contributed by atoms with Gasteiger partial charge in [0.2, 0.25) is 0 Å². The van der Waals surface area contributed by atoms with E-state index in [0.717, 1.165) is 11.3 Å². The van der Waals surface area contributed by atoms with E-state index in [1.165, 1.54) is 82.4 Å². The molecule has 10 rings (SSSR count). The Labute approximate surface area is 285 Å². The molecule has 9 aromatic rings. The molecular weight excluding hydrogens is 591 g/mol. The predicted molar refractivity (Wildman–Crippen MR) is 206 cm³/mol. The fourth-order valence-electron chi connectivity index (χ4n) is 8.35. The number of nitrogens with zero attached hydrogens (tertiary/aromatic N) is 1. The lowest BCUT2D eigenvalue weighted by atomic mass is 9.85. The summed E-state index contributed by atoms with van der Waals surface area (Å²) in [6.45, 7) is 0. The molecule has 0 radical (unpaired) electrons. The van der Waals surface area contributed by atoms with Crippen LogP contribution in [0.25, 0.3) is 77.0 Å². The first-order valence-electron chi connectivity index (χ1n) is 17.0. The topological polar surface area (TPSA) is 12.9 Å². The highest BCUT2D eigenvalue weighted by molar-refractivity contribution is 6.21. The Morgan fingerprint density at radius 2 is 0.939 bits per heavy atom. The monoisotopic (exact) mass is 621 g/mol. The molecule has 1 aliphatic carbocycles. The maximum atomic E-state index is 5.25. The van der Waals surface area contributed by atoms with Gasteiger partial charge in [0.15, 0.2) is 0 Å². The second-order valence-electron chi connectivity index (χ2n) is 13.0. The fraction of sp³-hybridized carbons (Fsp3) is 0.0208. The van der Waals surface area contributed by atoms with E-state index in [2.05, 4.69) is 182 Å². The molecule has 1 nitrogen and oxygen atoms in total. The Kier molecular flexibility index (Phi) is 6.32. The van der Waals surface area contributed by atoms with E-state index in [-0.39, 0.29) is 5.92 Å². The standard InChI is InChI=1S/C48H31N/c1-3-15-32(16-4-1)44-36-20-9-11-22-38(36)45(39-23-12-10-21-37(39)44)34-27-29-43(49-30-34)40-24-13-25-41-47-35-19-8-7-14-31(35)26-28-42(47)46(48(40)41)33-17-5-2-6-18-33/h1-30,46H. The van der Waals surface area contributed by atoms with Crippen LogP contribution in [-0.2, 0) is 0 Å². The summed E-state index contributed by atoms with van der Waals surface area (Å²) < 4.78 is 0. The second-order valence-corrected chi connectivity index (χ2v) is 13.0. The quantitative estimate of drug-likeness (QED) is 0.178. The summed E-state index contributed by atoms with van der Waals surface area (Å²) in [5.74, 6) is 0.131. The van der Waals surface area contributed by atoms with Crippen molar-refractivity contribution in [1.82, 2.24) is 4.98 Å². The third-order valence-corrected chi connectivity index (χ3v) is 10.4. The number of benzene rings is 8. The minimum Gasteiger partial charge on any atom is -0.256 e. The van der Waals surface area contributed by atoms with Crippen LogP contribution in [0, 0.1) is 0 Å². The van der Waals surface area contributed by atoms with Crippen LogP contribution in [-0.4, -0.2) is 4.98 Å². The van der Waals surface area contributed by atoms with Gasteiger partial charge in [-0.2, -0.15) is 0 Å². The molecule has 0 saturated carbocycles. The molecule has 228 valence electrons. The normalized spacial score (nSPS) is 13.5. The Bertz CT molecular complexity index is 2630. The van der Waals surface area contributed by atoms with E-state index in [9.17, 15) is 0 Å². The van der Waals surface area contributed by atoms with Crippen molar-refractivity contribution in [3.05, 3.63) is 199 Å². The first-order valence-corrected chi connectivity index (χ1v) is 17.0. The highest BCUT2D eigenvalue weighted by atomic mass is 14.7. The Hall–Kier alpha value is -6.31. The third-order valence-electron chi connectivity index (χ3n) is 10.4. The van der Waals surface area contributed by atoms with E-state index in [4.69, 9.17) is 4.98 Å². The smallest absolute Gasteiger partial charge is 0.0705 e. The summed E-state index contributed by atoms with van der Waals surface area (Å²) >= 11 is 0. The molecule has 1 aliphatic rings. The number of fused-ring (bicyclic) bond motifs is 7. The van der Waals surface area contributed by atoms with Crippen LogP contribution in [0.4, 0.5) is 0 Å². The van der Waals surface area contributed by atoms with E-state index in [0.29, 0.717) is 0 Å².